The molecule has 1 rings (SSSR count). The van der Waals surface area contributed by atoms with Crippen molar-refractivity contribution < 1.29 is 14.6 Å². The zero-order chi connectivity index (χ0) is 13.6. The lowest BCUT2D eigenvalue weighted by molar-refractivity contribution is -0.148. The minimum Gasteiger partial charge on any atom is -0.481 e. The van der Waals surface area contributed by atoms with Crippen molar-refractivity contribution in [3.8, 4) is 0 Å². The molecule has 0 saturated carbocycles. The molecular formula is C15H22O3. The normalized spacial score (nSPS) is 13.3. The van der Waals surface area contributed by atoms with Crippen LogP contribution in [0.25, 0.3) is 0 Å². The van der Waals surface area contributed by atoms with Crippen LogP contribution in [0, 0.1) is 11.3 Å². The van der Waals surface area contributed by atoms with Gasteiger partial charge in [0.25, 0.3) is 0 Å². The van der Waals surface area contributed by atoms with Crippen LogP contribution < -0.4 is 0 Å². The first-order chi connectivity index (χ1) is 8.41. The van der Waals surface area contributed by atoms with Crippen LogP contribution in [0.15, 0.2) is 30.3 Å². The van der Waals surface area contributed by atoms with Crippen LogP contribution in [0.5, 0.6) is 0 Å². The number of ether oxygens (including phenoxy) is 1. The summed E-state index contributed by atoms with van der Waals surface area (Å²) in [6, 6.07) is 10.0. The zero-order valence-corrected chi connectivity index (χ0v) is 11.3. The number of carbonyl (C=O) groups is 1. The van der Waals surface area contributed by atoms with Gasteiger partial charge in [-0.3, -0.25) is 4.79 Å². The van der Waals surface area contributed by atoms with Crippen molar-refractivity contribution in [3.63, 3.8) is 0 Å². The quantitative estimate of drug-likeness (QED) is 0.789. The number of aliphatic carboxylic acids is 1. The molecule has 0 aromatic heterocycles. The Hall–Kier alpha value is -1.35. The summed E-state index contributed by atoms with van der Waals surface area (Å²) in [5, 5.41) is 9.15. The third kappa shape index (κ3) is 4.88. The molecule has 0 fully saturated rings. The number of hydrogen-bond acceptors (Lipinski definition) is 2. The van der Waals surface area contributed by atoms with Crippen LogP contribution in [-0.4, -0.2) is 24.3 Å². The first-order valence-corrected chi connectivity index (χ1v) is 6.25. The maximum Gasteiger partial charge on any atom is 0.309 e. The predicted octanol–water partition coefficient (Wildman–Crippen LogP) is 2.99. The molecule has 3 heteroatoms. The van der Waals surface area contributed by atoms with Crippen molar-refractivity contribution >= 4 is 5.97 Å². The maximum absolute atomic E-state index is 11.1. The minimum atomic E-state index is -0.790. The highest BCUT2D eigenvalue weighted by atomic mass is 16.5. The highest BCUT2D eigenvalue weighted by Crippen LogP contribution is 2.26. The van der Waals surface area contributed by atoms with Gasteiger partial charge in [-0.1, -0.05) is 51.1 Å². The fraction of sp³-hybridized carbons (Fsp3) is 0.533. The molecule has 100 valence electrons. The van der Waals surface area contributed by atoms with E-state index in [0.29, 0.717) is 6.61 Å². The van der Waals surface area contributed by atoms with E-state index in [2.05, 4.69) is 0 Å². The molecule has 0 heterocycles. The summed E-state index contributed by atoms with van der Waals surface area (Å²) in [5.41, 5.74) is 0.929. The van der Waals surface area contributed by atoms with E-state index < -0.39 is 11.9 Å². The van der Waals surface area contributed by atoms with E-state index in [4.69, 9.17) is 9.84 Å². The van der Waals surface area contributed by atoms with Gasteiger partial charge >= 0.3 is 5.97 Å². The van der Waals surface area contributed by atoms with E-state index in [9.17, 15) is 4.79 Å². The molecule has 1 aromatic carbocycles. The van der Waals surface area contributed by atoms with Gasteiger partial charge < -0.3 is 9.84 Å². The molecule has 0 bridgehead atoms. The number of rotatable bonds is 6. The molecule has 1 N–H and O–H groups in total. The van der Waals surface area contributed by atoms with Gasteiger partial charge in [-0.05, 0) is 17.4 Å². The third-order valence-electron chi connectivity index (χ3n) is 3.01. The van der Waals surface area contributed by atoms with E-state index in [1.807, 2.05) is 51.1 Å². The molecule has 0 spiro atoms. The number of hydrogen-bond donors (Lipinski definition) is 1. The molecule has 0 aliphatic rings. The highest BCUT2D eigenvalue weighted by Gasteiger charge is 2.31. The van der Waals surface area contributed by atoms with Crippen LogP contribution in [0.1, 0.15) is 26.3 Å². The smallest absolute Gasteiger partial charge is 0.309 e. The van der Waals surface area contributed by atoms with Gasteiger partial charge in [-0.15, -0.1) is 0 Å². The molecule has 1 unspecified atom stereocenters. The topological polar surface area (TPSA) is 46.5 Å². The van der Waals surface area contributed by atoms with Gasteiger partial charge in [0.15, 0.2) is 0 Å². The first-order valence-electron chi connectivity index (χ1n) is 6.25. The van der Waals surface area contributed by atoms with Gasteiger partial charge in [-0.2, -0.15) is 0 Å². The van der Waals surface area contributed by atoms with E-state index in [1.54, 1.807) is 0 Å². The van der Waals surface area contributed by atoms with Crippen molar-refractivity contribution in [2.75, 3.05) is 13.2 Å². The fourth-order valence-electron chi connectivity index (χ4n) is 1.73. The Morgan fingerprint density at radius 3 is 2.39 bits per heavy atom. The van der Waals surface area contributed by atoms with Crippen molar-refractivity contribution in [3.05, 3.63) is 35.9 Å². The average Bonchev–Trinajstić information content (AvgIpc) is 2.27. The van der Waals surface area contributed by atoms with Gasteiger partial charge in [0.1, 0.15) is 0 Å². The number of carboxylic acids is 1. The molecule has 0 aliphatic heterocycles. The fourth-order valence-corrected chi connectivity index (χ4v) is 1.73. The van der Waals surface area contributed by atoms with E-state index >= 15 is 0 Å². The molecule has 3 nitrogen and oxygen atoms in total. The van der Waals surface area contributed by atoms with Crippen molar-refractivity contribution in [1.82, 2.24) is 0 Å². The van der Waals surface area contributed by atoms with E-state index in [1.165, 1.54) is 5.56 Å². The summed E-state index contributed by atoms with van der Waals surface area (Å²) in [7, 11) is 0. The summed E-state index contributed by atoms with van der Waals surface area (Å²) < 4.78 is 5.51. The van der Waals surface area contributed by atoms with E-state index in [0.717, 1.165) is 6.42 Å². The van der Waals surface area contributed by atoms with Crippen LogP contribution in [0.4, 0.5) is 0 Å². The summed E-state index contributed by atoms with van der Waals surface area (Å²) >= 11 is 0. The lowest BCUT2D eigenvalue weighted by atomic mass is 9.81. The summed E-state index contributed by atoms with van der Waals surface area (Å²) in [5.74, 6) is -1.25. The second-order valence-electron chi connectivity index (χ2n) is 5.57. The van der Waals surface area contributed by atoms with Crippen molar-refractivity contribution in [1.29, 1.82) is 0 Å². The Morgan fingerprint density at radius 2 is 1.89 bits per heavy atom. The number of benzene rings is 1. The van der Waals surface area contributed by atoms with Gasteiger partial charge in [-0.25, -0.2) is 0 Å². The molecule has 0 radical (unpaired) electrons. The summed E-state index contributed by atoms with van der Waals surface area (Å²) in [4.78, 5) is 11.1. The Morgan fingerprint density at radius 1 is 1.28 bits per heavy atom. The van der Waals surface area contributed by atoms with Crippen LogP contribution in [0.3, 0.4) is 0 Å². The molecule has 1 aromatic rings. The van der Waals surface area contributed by atoms with Crippen LogP contribution in [0.2, 0.25) is 0 Å². The zero-order valence-electron chi connectivity index (χ0n) is 11.3. The molecule has 0 amide bonds. The molecule has 1 atom stereocenters. The first kappa shape index (κ1) is 14.7. The van der Waals surface area contributed by atoms with E-state index in [-0.39, 0.29) is 12.0 Å². The van der Waals surface area contributed by atoms with Crippen molar-refractivity contribution in [2.45, 2.75) is 27.2 Å². The number of carboxylic acid groups (broad SMARTS) is 1. The Kier molecular flexibility index (Phi) is 5.35. The molecular weight excluding hydrogens is 228 g/mol. The maximum atomic E-state index is 11.1. The van der Waals surface area contributed by atoms with Gasteiger partial charge in [0.05, 0.1) is 19.1 Å². The van der Waals surface area contributed by atoms with Crippen LogP contribution in [-0.2, 0) is 16.0 Å². The molecule has 18 heavy (non-hydrogen) atoms. The molecule has 0 aliphatic carbocycles. The lowest BCUT2D eigenvalue weighted by Crippen LogP contribution is -2.32. The summed E-state index contributed by atoms with van der Waals surface area (Å²) in [6.07, 6.45) is 0.817. The third-order valence-corrected chi connectivity index (χ3v) is 3.01. The highest BCUT2D eigenvalue weighted by molar-refractivity contribution is 5.71. The molecule has 0 saturated heterocycles. The summed E-state index contributed by atoms with van der Waals surface area (Å²) in [6.45, 7) is 6.60. The average molecular weight is 250 g/mol. The largest absolute Gasteiger partial charge is 0.481 e. The minimum absolute atomic E-state index is 0.270. The standard InChI is InChI=1S/C15H22O3/c1-15(2,3)13(14(16)17)11-18-10-9-12-7-5-4-6-8-12/h4-8,13H,9-11H2,1-3H3,(H,16,17). The Balaban J connectivity index is 2.34. The predicted molar refractivity (Wildman–Crippen MR) is 71.5 cm³/mol. The second kappa shape index (κ2) is 6.55. The van der Waals surface area contributed by atoms with Gasteiger partial charge in [0.2, 0.25) is 0 Å². The lowest BCUT2D eigenvalue weighted by Gasteiger charge is -2.26. The van der Waals surface area contributed by atoms with Gasteiger partial charge in [0, 0.05) is 0 Å². The second-order valence-corrected chi connectivity index (χ2v) is 5.57. The monoisotopic (exact) mass is 250 g/mol. The Labute approximate surface area is 109 Å². The van der Waals surface area contributed by atoms with Crippen LogP contribution >= 0.6 is 0 Å². The van der Waals surface area contributed by atoms with Crippen molar-refractivity contribution in [2.24, 2.45) is 11.3 Å². The SMILES string of the molecule is CC(C)(C)C(COCCc1ccccc1)C(=O)O. The Bertz CT molecular complexity index is 365.